The zero-order valence-electron chi connectivity index (χ0n) is 13.1. The molecule has 0 saturated carbocycles. The van der Waals surface area contributed by atoms with Crippen LogP contribution in [0.5, 0.6) is 0 Å². The van der Waals surface area contributed by atoms with Gasteiger partial charge in [0.1, 0.15) is 11.3 Å². The van der Waals surface area contributed by atoms with Gasteiger partial charge in [-0.3, -0.25) is 9.47 Å². The second-order valence-corrected chi connectivity index (χ2v) is 5.94. The molecule has 0 radical (unpaired) electrons. The third-order valence-electron chi connectivity index (χ3n) is 4.27. The van der Waals surface area contributed by atoms with Crippen molar-refractivity contribution in [2.24, 2.45) is 0 Å². The van der Waals surface area contributed by atoms with Crippen molar-refractivity contribution in [3.63, 3.8) is 0 Å². The lowest BCUT2D eigenvalue weighted by Gasteiger charge is -2.30. The van der Waals surface area contributed by atoms with Crippen LogP contribution in [0.2, 0.25) is 0 Å². The largest absolute Gasteiger partial charge is 0.384 e. The summed E-state index contributed by atoms with van der Waals surface area (Å²) in [4.78, 5) is 11.9. The molecular weight excluding hydrogens is 264 g/mol. The fraction of sp³-hybridized carbons (Fsp3) is 0.625. The fourth-order valence-corrected chi connectivity index (χ4v) is 3.31. The number of rotatable bonds is 5. The average Bonchev–Trinajstić information content (AvgIpc) is 3.08. The number of ether oxygens (including phenoxy) is 1. The third kappa shape index (κ3) is 2.68. The Hall–Kier alpha value is -1.46. The minimum Gasteiger partial charge on any atom is -0.384 e. The summed E-state index contributed by atoms with van der Waals surface area (Å²) in [5, 5.41) is 0. The maximum Gasteiger partial charge on any atom is 0.161 e. The molecule has 1 unspecified atom stereocenters. The highest BCUT2D eigenvalue weighted by molar-refractivity contribution is 5.71. The highest BCUT2D eigenvalue weighted by Crippen LogP contribution is 2.32. The monoisotopic (exact) mass is 288 g/mol. The van der Waals surface area contributed by atoms with E-state index in [0.717, 1.165) is 30.0 Å². The average molecular weight is 288 g/mol. The normalized spacial score (nSPS) is 19.9. The van der Waals surface area contributed by atoms with Gasteiger partial charge in [0, 0.05) is 32.3 Å². The van der Waals surface area contributed by atoms with Gasteiger partial charge in [0.15, 0.2) is 5.65 Å². The van der Waals surface area contributed by atoms with E-state index in [0.29, 0.717) is 18.8 Å². The molecule has 1 aliphatic heterocycles. The Morgan fingerprint density at radius 2 is 2.29 bits per heavy atom. The Morgan fingerprint density at radius 3 is 3.05 bits per heavy atom. The highest BCUT2D eigenvalue weighted by Gasteiger charge is 2.31. The summed E-state index contributed by atoms with van der Waals surface area (Å²) in [6.07, 6.45) is 5.46. The highest BCUT2D eigenvalue weighted by atomic mass is 16.5. The van der Waals surface area contributed by atoms with E-state index in [9.17, 15) is 0 Å². The molecule has 2 aromatic heterocycles. The van der Waals surface area contributed by atoms with Gasteiger partial charge in [0.05, 0.1) is 12.8 Å². The minimum atomic E-state index is 0.372. The summed E-state index contributed by atoms with van der Waals surface area (Å²) < 4.78 is 7.58. The van der Waals surface area contributed by atoms with Gasteiger partial charge in [-0.15, -0.1) is 0 Å². The maximum atomic E-state index is 5.25. The van der Waals surface area contributed by atoms with E-state index in [4.69, 9.17) is 9.72 Å². The van der Waals surface area contributed by atoms with Crippen LogP contribution < -0.4 is 0 Å². The fourth-order valence-electron chi connectivity index (χ4n) is 3.31. The van der Waals surface area contributed by atoms with Crippen LogP contribution >= 0.6 is 0 Å². The number of pyridine rings is 1. The van der Waals surface area contributed by atoms with Crippen molar-refractivity contribution in [1.82, 2.24) is 19.4 Å². The predicted octanol–water partition coefficient (Wildman–Crippen LogP) is 2.62. The van der Waals surface area contributed by atoms with Crippen molar-refractivity contribution < 1.29 is 4.74 Å². The Morgan fingerprint density at radius 1 is 1.43 bits per heavy atom. The minimum absolute atomic E-state index is 0.372. The summed E-state index contributed by atoms with van der Waals surface area (Å²) >= 11 is 0. The van der Waals surface area contributed by atoms with Gasteiger partial charge in [-0.2, -0.15) is 0 Å². The molecule has 0 aromatic carbocycles. The van der Waals surface area contributed by atoms with Crippen LogP contribution in [0.3, 0.4) is 0 Å². The number of methoxy groups -OCH3 is 1. The smallest absolute Gasteiger partial charge is 0.161 e. The number of fused-ring (bicyclic) bond motifs is 1. The number of nitrogens with zero attached hydrogens (tertiary/aromatic N) is 4. The van der Waals surface area contributed by atoms with Gasteiger partial charge in [-0.25, -0.2) is 9.97 Å². The van der Waals surface area contributed by atoms with E-state index in [1.807, 2.05) is 18.3 Å². The molecule has 21 heavy (non-hydrogen) atoms. The topological polar surface area (TPSA) is 43.2 Å². The lowest BCUT2D eigenvalue weighted by molar-refractivity contribution is 0.148. The molecule has 5 nitrogen and oxygen atoms in total. The van der Waals surface area contributed by atoms with E-state index in [-0.39, 0.29) is 0 Å². The SMILES string of the molecule is COCCc1nc2cccnc2n1C1CCCN1C(C)C. The van der Waals surface area contributed by atoms with Crippen LogP contribution in [0.25, 0.3) is 11.2 Å². The molecule has 3 rings (SSSR count). The number of aromatic nitrogens is 3. The molecule has 3 heterocycles. The van der Waals surface area contributed by atoms with Crippen LogP contribution in [-0.2, 0) is 11.2 Å². The molecule has 0 N–H and O–H groups in total. The number of likely N-dealkylation sites (tertiary alicyclic amines) is 1. The number of imidazole rings is 1. The van der Waals surface area contributed by atoms with Crippen molar-refractivity contribution in [2.45, 2.75) is 45.3 Å². The lowest BCUT2D eigenvalue weighted by atomic mass is 10.3. The molecule has 2 aromatic rings. The quantitative estimate of drug-likeness (QED) is 0.848. The van der Waals surface area contributed by atoms with Gasteiger partial charge in [-0.05, 0) is 38.8 Å². The Labute approximate surface area is 125 Å². The van der Waals surface area contributed by atoms with Gasteiger partial charge in [0.2, 0.25) is 0 Å². The van der Waals surface area contributed by atoms with E-state index in [2.05, 4.69) is 28.3 Å². The first-order valence-electron chi connectivity index (χ1n) is 7.79. The summed E-state index contributed by atoms with van der Waals surface area (Å²) in [6.45, 7) is 6.37. The molecule has 0 spiro atoms. The zero-order valence-corrected chi connectivity index (χ0v) is 13.1. The second-order valence-electron chi connectivity index (χ2n) is 5.94. The predicted molar refractivity (Wildman–Crippen MR) is 83.2 cm³/mol. The van der Waals surface area contributed by atoms with E-state index in [1.165, 1.54) is 12.8 Å². The van der Waals surface area contributed by atoms with Crippen molar-refractivity contribution in [2.75, 3.05) is 20.3 Å². The van der Waals surface area contributed by atoms with Gasteiger partial charge < -0.3 is 4.74 Å². The second kappa shape index (κ2) is 6.12. The van der Waals surface area contributed by atoms with Crippen LogP contribution in [-0.4, -0.2) is 45.7 Å². The van der Waals surface area contributed by atoms with Crippen LogP contribution in [0.1, 0.15) is 38.7 Å². The summed E-state index contributed by atoms with van der Waals surface area (Å²) in [5.41, 5.74) is 1.99. The molecule has 1 saturated heterocycles. The van der Waals surface area contributed by atoms with E-state index in [1.54, 1.807) is 7.11 Å². The standard InChI is InChI=1S/C16H24N4O/c1-12(2)19-10-5-7-15(19)20-14(8-11-21-3)18-13-6-4-9-17-16(13)20/h4,6,9,12,15H,5,7-8,10-11H2,1-3H3. The van der Waals surface area contributed by atoms with Crippen molar-refractivity contribution in [3.8, 4) is 0 Å². The van der Waals surface area contributed by atoms with Crippen LogP contribution in [0, 0.1) is 0 Å². The summed E-state index contributed by atoms with van der Waals surface area (Å²) in [6, 6.07) is 4.53. The zero-order chi connectivity index (χ0) is 14.8. The third-order valence-corrected chi connectivity index (χ3v) is 4.27. The first-order valence-corrected chi connectivity index (χ1v) is 7.79. The lowest BCUT2D eigenvalue weighted by Crippen LogP contribution is -2.34. The van der Waals surface area contributed by atoms with E-state index >= 15 is 0 Å². The molecule has 114 valence electrons. The Kier molecular flexibility index (Phi) is 4.22. The van der Waals surface area contributed by atoms with Crippen molar-refractivity contribution in [1.29, 1.82) is 0 Å². The Balaban J connectivity index is 2.06. The maximum absolute atomic E-state index is 5.25. The molecular formula is C16H24N4O. The molecule has 5 heteroatoms. The molecule has 1 atom stereocenters. The summed E-state index contributed by atoms with van der Waals surface area (Å²) in [7, 11) is 1.74. The first kappa shape index (κ1) is 14.5. The van der Waals surface area contributed by atoms with Crippen LogP contribution in [0.15, 0.2) is 18.3 Å². The van der Waals surface area contributed by atoms with Gasteiger partial charge in [0.25, 0.3) is 0 Å². The Bertz CT molecular complexity index is 607. The van der Waals surface area contributed by atoms with E-state index < -0.39 is 0 Å². The van der Waals surface area contributed by atoms with Gasteiger partial charge >= 0.3 is 0 Å². The molecule has 1 fully saturated rings. The number of hydrogen-bond donors (Lipinski definition) is 0. The van der Waals surface area contributed by atoms with Crippen LogP contribution in [0.4, 0.5) is 0 Å². The van der Waals surface area contributed by atoms with Crippen molar-refractivity contribution in [3.05, 3.63) is 24.2 Å². The number of hydrogen-bond acceptors (Lipinski definition) is 4. The molecule has 0 amide bonds. The van der Waals surface area contributed by atoms with Crippen molar-refractivity contribution >= 4 is 11.2 Å². The van der Waals surface area contributed by atoms with Gasteiger partial charge in [-0.1, -0.05) is 0 Å². The molecule has 1 aliphatic rings. The first-order chi connectivity index (χ1) is 10.2. The molecule has 0 bridgehead atoms. The summed E-state index contributed by atoms with van der Waals surface area (Å²) in [5.74, 6) is 1.09. The molecule has 0 aliphatic carbocycles.